The minimum atomic E-state index is -1.24. The van der Waals surface area contributed by atoms with E-state index in [1.807, 2.05) is 50.2 Å². The third-order valence-corrected chi connectivity index (χ3v) is 11.5. The average Bonchev–Trinajstić information content (AvgIpc) is 3.80. The second-order valence-corrected chi connectivity index (χ2v) is 15.8. The van der Waals surface area contributed by atoms with Gasteiger partial charge in [-0.2, -0.15) is 0 Å². The van der Waals surface area contributed by atoms with E-state index in [9.17, 15) is 39.0 Å². The van der Waals surface area contributed by atoms with Crippen molar-refractivity contribution in [2.45, 2.75) is 13.8 Å². The highest BCUT2D eigenvalue weighted by Gasteiger charge is 2.26. The molecule has 0 unspecified atom stereocenters. The SMILES string of the molecule is Cc1c(-c2cccc(OCC(=O)NCCNC(=O)COc3cccc(-c4c(C)c(C(=O)c5ccc(N)c(C(=O)O)c5)n5ccccc45)c3)c2)c2ccccn2c1C(=O)c1ccc(N)c(C(=O)O)c1. The summed E-state index contributed by atoms with van der Waals surface area (Å²) in [5, 5.41) is 24.6. The summed E-state index contributed by atoms with van der Waals surface area (Å²) in [6.45, 7) is 3.26. The summed E-state index contributed by atoms with van der Waals surface area (Å²) in [5.41, 5.74) is 18.3. The fourth-order valence-corrected chi connectivity index (χ4v) is 8.28. The maximum atomic E-state index is 13.9. The molecule has 4 aromatic heterocycles. The Labute approximate surface area is 388 Å². The molecule has 0 saturated carbocycles. The zero-order chi connectivity index (χ0) is 48.2. The molecule has 0 radical (unpaired) electrons. The van der Waals surface area contributed by atoms with Gasteiger partial charge in [0.05, 0.1) is 33.5 Å². The first-order chi connectivity index (χ1) is 32.7. The van der Waals surface area contributed by atoms with Crippen LogP contribution in [0.2, 0.25) is 0 Å². The Bertz CT molecular complexity index is 3130. The summed E-state index contributed by atoms with van der Waals surface area (Å²) in [6.07, 6.45) is 3.52. The highest BCUT2D eigenvalue weighted by atomic mass is 16.5. The Morgan fingerprint density at radius 2 is 0.941 bits per heavy atom. The van der Waals surface area contributed by atoms with Crippen LogP contribution in [0, 0.1) is 13.8 Å². The largest absolute Gasteiger partial charge is 0.484 e. The van der Waals surface area contributed by atoms with Gasteiger partial charge in [-0.15, -0.1) is 0 Å². The van der Waals surface area contributed by atoms with Gasteiger partial charge in [-0.1, -0.05) is 36.4 Å². The molecule has 16 heteroatoms. The molecule has 8 aromatic rings. The molecule has 8 rings (SSSR count). The molecular weight excluding hydrogens is 869 g/mol. The number of carbonyl (C=O) groups excluding carboxylic acids is 4. The van der Waals surface area contributed by atoms with Crippen LogP contribution in [0.3, 0.4) is 0 Å². The molecule has 0 aliphatic rings. The normalized spacial score (nSPS) is 11.0. The maximum Gasteiger partial charge on any atom is 0.337 e. The van der Waals surface area contributed by atoms with Crippen molar-refractivity contribution in [3.8, 4) is 33.8 Å². The lowest BCUT2D eigenvalue weighted by atomic mass is 9.98. The van der Waals surface area contributed by atoms with E-state index < -0.39 is 23.8 Å². The van der Waals surface area contributed by atoms with Crippen LogP contribution >= 0.6 is 0 Å². The summed E-state index contributed by atoms with van der Waals surface area (Å²) >= 11 is 0. The lowest BCUT2D eigenvalue weighted by Gasteiger charge is -2.11. The van der Waals surface area contributed by atoms with E-state index in [1.165, 1.54) is 36.4 Å². The number of pyridine rings is 2. The number of ether oxygens (including phenoxy) is 2. The molecule has 0 bridgehead atoms. The minimum Gasteiger partial charge on any atom is -0.484 e. The topological polar surface area (TPSA) is 246 Å². The van der Waals surface area contributed by atoms with Crippen LogP contribution in [-0.2, 0) is 9.59 Å². The van der Waals surface area contributed by atoms with Gasteiger partial charge >= 0.3 is 11.9 Å². The number of rotatable bonds is 17. The van der Waals surface area contributed by atoms with Gasteiger partial charge in [0.15, 0.2) is 13.2 Å². The van der Waals surface area contributed by atoms with Crippen LogP contribution in [0.25, 0.3) is 33.3 Å². The number of aromatic nitrogens is 2. The van der Waals surface area contributed by atoms with Gasteiger partial charge in [0.2, 0.25) is 11.6 Å². The molecule has 0 aliphatic carbocycles. The van der Waals surface area contributed by atoms with Crippen LogP contribution in [0.4, 0.5) is 11.4 Å². The van der Waals surface area contributed by atoms with E-state index in [1.54, 1.807) is 69.7 Å². The van der Waals surface area contributed by atoms with Gasteiger partial charge in [-0.25, -0.2) is 9.59 Å². The molecule has 342 valence electrons. The first kappa shape index (κ1) is 45.4. The van der Waals surface area contributed by atoms with E-state index in [0.29, 0.717) is 34.0 Å². The number of carboxylic acid groups (broad SMARTS) is 2. The summed E-state index contributed by atoms with van der Waals surface area (Å²) in [5.74, 6) is -3.26. The first-order valence-electron chi connectivity index (χ1n) is 21.3. The third-order valence-electron chi connectivity index (χ3n) is 11.5. The predicted molar refractivity (Wildman–Crippen MR) is 255 cm³/mol. The maximum absolute atomic E-state index is 13.9. The molecule has 0 spiro atoms. The molecule has 8 N–H and O–H groups in total. The summed E-state index contributed by atoms with van der Waals surface area (Å²) in [7, 11) is 0. The van der Waals surface area contributed by atoms with Crippen LogP contribution in [0.15, 0.2) is 134 Å². The Morgan fingerprint density at radius 3 is 1.34 bits per heavy atom. The van der Waals surface area contributed by atoms with Crippen molar-refractivity contribution in [1.29, 1.82) is 0 Å². The van der Waals surface area contributed by atoms with Crippen LogP contribution in [0.1, 0.15) is 63.9 Å². The highest BCUT2D eigenvalue weighted by molar-refractivity contribution is 6.14. The number of ketones is 2. The number of amides is 2. The molecule has 0 atom stereocenters. The van der Waals surface area contributed by atoms with Crippen molar-refractivity contribution in [2.24, 2.45) is 0 Å². The number of nitrogens with zero attached hydrogens (tertiary/aromatic N) is 2. The number of fused-ring (bicyclic) bond motifs is 2. The molecule has 0 saturated heterocycles. The number of carboxylic acids is 2. The number of nitrogen functional groups attached to an aromatic ring is 2. The van der Waals surface area contributed by atoms with Crippen molar-refractivity contribution in [3.63, 3.8) is 0 Å². The number of nitrogens with one attached hydrogen (secondary N) is 2. The van der Waals surface area contributed by atoms with E-state index in [-0.39, 0.29) is 71.5 Å². The fraction of sp³-hybridized carbons (Fsp3) is 0.115. The molecule has 0 aliphatic heterocycles. The van der Waals surface area contributed by atoms with Gasteiger partial charge in [0.1, 0.15) is 11.5 Å². The van der Waals surface area contributed by atoms with Gasteiger partial charge in [0, 0.05) is 59.1 Å². The third kappa shape index (κ3) is 9.06. The number of hydrogen-bond acceptors (Lipinski definition) is 10. The van der Waals surface area contributed by atoms with Crippen LogP contribution in [-0.4, -0.2) is 80.6 Å². The lowest BCUT2D eigenvalue weighted by Crippen LogP contribution is -2.38. The first-order valence-corrected chi connectivity index (χ1v) is 21.3. The van der Waals surface area contributed by atoms with Crippen LogP contribution in [0.5, 0.6) is 11.5 Å². The van der Waals surface area contributed by atoms with Crippen molar-refractivity contribution >= 4 is 57.7 Å². The predicted octanol–water partition coefficient (Wildman–Crippen LogP) is 6.86. The summed E-state index contributed by atoms with van der Waals surface area (Å²) in [6, 6.07) is 33.6. The molecule has 0 fully saturated rings. The zero-order valence-electron chi connectivity index (χ0n) is 36.7. The second-order valence-electron chi connectivity index (χ2n) is 15.8. The molecule has 68 heavy (non-hydrogen) atoms. The number of carbonyl (C=O) groups is 6. The van der Waals surface area contributed by atoms with Crippen molar-refractivity contribution in [1.82, 2.24) is 19.4 Å². The van der Waals surface area contributed by atoms with Gasteiger partial charge in [-0.05, 0) is 121 Å². The summed E-state index contributed by atoms with van der Waals surface area (Å²) < 4.78 is 15.2. The number of nitrogens with two attached hydrogens (primary N) is 2. The van der Waals surface area contributed by atoms with Crippen LogP contribution < -0.4 is 31.6 Å². The summed E-state index contributed by atoms with van der Waals surface area (Å²) in [4.78, 5) is 76.8. The molecule has 16 nitrogen and oxygen atoms in total. The lowest BCUT2D eigenvalue weighted by molar-refractivity contribution is -0.124. The number of benzene rings is 4. The standard InChI is InChI=1S/C52H44N6O10/c1-29-45(41-13-3-5-21-57(41)47(29)49(61)33-15-17-39(53)37(25-33)51(63)64)31-9-7-11-35(23-31)67-27-43(59)55-19-20-56-44(60)28-68-36-12-8-10-32(24-36)46-30(2)48(58-22-6-4-14-42(46)58)50(62)34-16-18-40(54)38(26-34)52(65)66/h3-18,21-26H,19-20,27-28,53-54H2,1-2H3,(H,55,59)(H,56,60)(H,63,64)(H,65,66). The molecule has 4 heterocycles. The minimum absolute atomic E-state index is 0.0521. The average molecular weight is 913 g/mol. The van der Waals surface area contributed by atoms with Crippen molar-refractivity contribution in [2.75, 3.05) is 37.8 Å². The van der Waals surface area contributed by atoms with E-state index in [2.05, 4.69) is 10.6 Å². The smallest absolute Gasteiger partial charge is 0.337 e. The van der Waals surface area contributed by atoms with Gasteiger partial charge < -0.3 is 50.6 Å². The number of hydrogen-bond donors (Lipinski definition) is 6. The quantitative estimate of drug-likeness (QED) is 0.0312. The van der Waals surface area contributed by atoms with Gasteiger partial charge in [-0.3, -0.25) is 19.2 Å². The molecule has 2 amide bonds. The fourth-order valence-electron chi connectivity index (χ4n) is 8.28. The Hall–Kier alpha value is -9.18. The van der Waals surface area contributed by atoms with E-state index >= 15 is 0 Å². The second kappa shape index (κ2) is 19.1. The zero-order valence-corrected chi connectivity index (χ0v) is 36.7. The number of anilines is 2. The van der Waals surface area contributed by atoms with Crippen molar-refractivity contribution in [3.05, 3.63) is 178 Å². The monoisotopic (exact) mass is 912 g/mol. The van der Waals surface area contributed by atoms with E-state index in [4.69, 9.17) is 20.9 Å². The van der Waals surface area contributed by atoms with E-state index in [0.717, 1.165) is 33.3 Å². The van der Waals surface area contributed by atoms with Gasteiger partial charge in [0.25, 0.3) is 11.8 Å². The number of aromatic carboxylic acids is 2. The van der Waals surface area contributed by atoms with Crippen molar-refractivity contribution < 1.29 is 48.5 Å². The Morgan fingerprint density at radius 1 is 0.529 bits per heavy atom. The highest BCUT2D eigenvalue weighted by Crippen LogP contribution is 2.37. The molecular formula is C52H44N6O10. The molecule has 4 aromatic carbocycles. The Balaban J connectivity index is 0.854. The Kier molecular flexibility index (Phi) is 12.8.